The Morgan fingerprint density at radius 3 is 2.53 bits per heavy atom. The molecule has 2 rings (SSSR count). The normalized spacial score (nSPS) is 20.1. The fourth-order valence-corrected chi connectivity index (χ4v) is 2.96. The van der Waals surface area contributed by atoms with Gasteiger partial charge in [-0.3, -0.25) is 4.79 Å². The zero-order valence-electron chi connectivity index (χ0n) is 9.64. The fourth-order valence-electron chi connectivity index (χ4n) is 1.94. The third-order valence-electron chi connectivity index (χ3n) is 2.93. The molecule has 1 aliphatic rings. The summed E-state index contributed by atoms with van der Waals surface area (Å²) in [5.41, 5.74) is 0.708. The van der Waals surface area contributed by atoms with Crippen LogP contribution < -0.4 is 0 Å². The van der Waals surface area contributed by atoms with Crippen LogP contribution in [0.1, 0.15) is 12.0 Å². The molecule has 0 saturated carbocycles. The molecule has 1 aromatic rings. The van der Waals surface area contributed by atoms with Gasteiger partial charge in [0.05, 0.1) is 10.0 Å². The molecule has 0 radical (unpaired) electrons. The fraction of sp³-hybridized carbons (Fsp3) is 0.364. The van der Waals surface area contributed by atoms with Crippen LogP contribution in [-0.2, 0) is 21.6 Å². The van der Waals surface area contributed by atoms with Crippen LogP contribution in [0.2, 0.25) is 10.0 Å². The third-order valence-corrected chi connectivity index (χ3v) is 4.79. The summed E-state index contributed by atoms with van der Waals surface area (Å²) in [7, 11) is -4.69. The van der Waals surface area contributed by atoms with Crippen molar-refractivity contribution in [1.82, 2.24) is 4.90 Å². The molecule has 1 aromatic carbocycles. The van der Waals surface area contributed by atoms with Crippen LogP contribution in [0.4, 0.5) is 3.89 Å². The highest BCUT2D eigenvalue weighted by atomic mass is 35.5. The first-order chi connectivity index (χ1) is 8.77. The molecule has 1 saturated heterocycles. The van der Waals surface area contributed by atoms with E-state index in [4.69, 9.17) is 23.2 Å². The maximum Gasteiger partial charge on any atom is 0.307 e. The number of rotatable bonds is 3. The van der Waals surface area contributed by atoms with E-state index >= 15 is 0 Å². The molecule has 1 atom stereocenters. The average molecular weight is 326 g/mol. The van der Waals surface area contributed by atoms with E-state index in [1.165, 1.54) is 4.90 Å². The molecular formula is C11H10Cl2FNO3S. The van der Waals surface area contributed by atoms with Gasteiger partial charge in [-0.2, -0.15) is 8.42 Å². The van der Waals surface area contributed by atoms with E-state index in [2.05, 4.69) is 0 Å². The van der Waals surface area contributed by atoms with Gasteiger partial charge in [-0.05, 0) is 17.7 Å². The number of hydrogen-bond acceptors (Lipinski definition) is 3. The summed E-state index contributed by atoms with van der Waals surface area (Å²) in [6.07, 6.45) is -0.319. The van der Waals surface area contributed by atoms with Crippen molar-refractivity contribution in [3.63, 3.8) is 0 Å². The van der Waals surface area contributed by atoms with Crippen molar-refractivity contribution >= 4 is 39.3 Å². The molecule has 1 aliphatic heterocycles. The monoisotopic (exact) mass is 325 g/mol. The van der Waals surface area contributed by atoms with Gasteiger partial charge in [-0.25, -0.2) is 0 Å². The van der Waals surface area contributed by atoms with E-state index in [9.17, 15) is 17.1 Å². The van der Waals surface area contributed by atoms with Crippen LogP contribution in [0.5, 0.6) is 0 Å². The van der Waals surface area contributed by atoms with E-state index in [1.54, 1.807) is 18.2 Å². The summed E-state index contributed by atoms with van der Waals surface area (Å²) in [6, 6.07) is 4.86. The van der Waals surface area contributed by atoms with E-state index < -0.39 is 21.4 Å². The van der Waals surface area contributed by atoms with Crippen LogP contribution in [0.3, 0.4) is 0 Å². The molecular weight excluding hydrogens is 316 g/mol. The van der Waals surface area contributed by atoms with Gasteiger partial charge in [0.15, 0.2) is 0 Å². The van der Waals surface area contributed by atoms with Crippen molar-refractivity contribution in [2.45, 2.75) is 18.2 Å². The highest BCUT2D eigenvalue weighted by Crippen LogP contribution is 2.25. The van der Waals surface area contributed by atoms with Crippen LogP contribution in [0.15, 0.2) is 18.2 Å². The zero-order valence-corrected chi connectivity index (χ0v) is 12.0. The maximum atomic E-state index is 12.9. The molecule has 8 heteroatoms. The van der Waals surface area contributed by atoms with Gasteiger partial charge in [0.25, 0.3) is 0 Å². The molecule has 1 heterocycles. The van der Waals surface area contributed by atoms with E-state index in [0.29, 0.717) is 15.6 Å². The molecule has 0 bridgehead atoms. The Morgan fingerprint density at radius 1 is 1.32 bits per heavy atom. The number of nitrogens with zero attached hydrogens (tertiary/aromatic N) is 1. The quantitative estimate of drug-likeness (QED) is 0.802. The Balaban J connectivity index is 2.12. The number of benzene rings is 1. The molecule has 1 amide bonds. The maximum absolute atomic E-state index is 12.9. The van der Waals surface area contributed by atoms with E-state index in [0.717, 1.165) is 0 Å². The Labute approximate surface area is 120 Å². The molecule has 4 nitrogen and oxygen atoms in total. The van der Waals surface area contributed by atoms with Crippen molar-refractivity contribution in [2.75, 3.05) is 6.54 Å². The molecule has 0 N–H and O–H groups in total. The smallest absolute Gasteiger partial charge is 0.307 e. The number of likely N-dealkylation sites (tertiary alicyclic amines) is 1. The number of hydrogen-bond donors (Lipinski definition) is 0. The highest BCUT2D eigenvalue weighted by Gasteiger charge is 2.38. The molecule has 0 aliphatic carbocycles. The minimum absolute atomic E-state index is 0.141. The number of amides is 1. The first kappa shape index (κ1) is 14.6. The first-order valence-corrected chi connectivity index (χ1v) is 7.63. The second-order valence-corrected chi connectivity index (χ2v) is 6.76. The lowest BCUT2D eigenvalue weighted by Crippen LogP contribution is -2.26. The highest BCUT2D eigenvalue weighted by molar-refractivity contribution is 7.87. The van der Waals surface area contributed by atoms with Gasteiger partial charge < -0.3 is 4.90 Å². The van der Waals surface area contributed by atoms with E-state index in [-0.39, 0.29) is 19.5 Å². The summed E-state index contributed by atoms with van der Waals surface area (Å²) in [5, 5.41) is -0.536. The topological polar surface area (TPSA) is 54.5 Å². The Kier molecular flexibility index (Phi) is 4.03. The van der Waals surface area contributed by atoms with Gasteiger partial charge >= 0.3 is 10.2 Å². The summed E-state index contributed by atoms with van der Waals surface area (Å²) in [4.78, 5) is 12.9. The lowest BCUT2D eigenvalue weighted by Gasteiger charge is -2.16. The SMILES string of the molecule is O=C1CC(S(=O)(=O)F)CN1Cc1ccc(Cl)c(Cl)c1. The molecule has 0 spiro atoms. The van der Waals surface area contributed by atoms with Crippen LogP contribution in [0.25, 0.3) is 0 Å². The Morgan fingerprint density at radius 2 is 2.00 bits per heavy atom. The lowest BCUT2D eigenvalue weighted by atomic mass is 10.2. The summed E-state index contributed by atoms with van der Waals surface area (Å²) < 4.78 is 34.4. The molecule has 19 heavy (non-hydrogen) atoms. The zero-order chi connectivity index (χ0) is 14.2. The van der Waals surface area contributed by atoms with E-state index in [1.807, 2.05) is 0 Å². The third kappa shape index (κ3) is 3.38. The minimum atomic E-state index is -4.69. The van der Waals surface area contributed by atoms with Crippen molar-refractivity contribution in [3.8, 4) is 0 Å². The lowest BCUT2D eigenvalue weighted by molar-refractivity contribution is -0.128. The summed E-state index contributed by atoms with van der Waals surface area (Å²) >= 11 is 11.6. The van der Waals surface area contributed by atoms with Crippen molar-refractivity contribution in [3.05, 3.63) is 33.8 Å². The number of halogens is 3. The second-order valence-electron chi connectivity index (χ2n) is 4.32. The summed E-state index contributed by atoms with van der Waals surface area (Å²) in [5.74, 6) is -0.391. The average Bonchev–Trinajstić information content (AvgIpc) is 2.65. The summed E-state index contributed by atoms with van der Waals surface area (Å²) in [6.45, 7) is 0.0413. The second kappa shape index (κ2) is 5.26. The Bertz CT molecular complexity index is 620. The van der Waals surface area contributed by atoms with Crippen molar-refractivity contribution < 1.29 is 17.1 Å². The Hall–Kier alpha value is -0.850. The van der Waals surface area contributed by atoms with Gasteiger partial charge in [-0.1, -0.05) is 29.3 Å². The minimum Gasteiger partial charge on any atom is -0.337 e. The van der Waals surface area contributed by atoms with Gasteiger partial charge in [-0.15, -0.1) is 3.89 Å². The predicted molar refractivity (Wildman–Crippen MR) is 70.3 cm³/mol. The van der Waals surface area contributed by atoms with Gasteiger partial charge in [0, 0.05) is 19.5 Å². The van der Waals surface area contributed by atoms with Gasteiger partial charge in [0.2, 0.25) is 5.91 Å². The van der Waals surface area contributed by atoms with Crippen molar-refractivity contribution in [1.29, 1.82) is 0 Å². The number of carbonyl (C=O) groups is 1. The molecule has 1 unspecified atom stereocenters. The first-order valence-electron chi connectivity index (χ1n) is 5.42. The molecule has 1 fully saturated rings. The standard InChI is InChI=1S/C11H10Cl2FNO3S/c12-9-2-1-7(3-10(9)13)5-15-6-8(4-11(15)16)19(14,17)18/h1-3,8H,4-6H2. The largest absolute Gasteiger partial charge is 0.337 e. The molecule has 0 aromatic heterocycles. The van der Waals surface area contributed by atoms with Crippen LogP contribution in [0, 0.1) is 0 Å². The van der Waals surface area contributed by atoms with Gasteiger partial charge in [0.1, 0.15) is 5.25 Å². The predicted octanol–water partition coefficient (Wildman–Crippen LogP) is 2.39. The van der Waals surface area contributed by atoms with Crippen LogP contribution in [-0.4, -0.2) is 31.0 Å². The van der Waals surface area contributed by atoms with Crippen molar-refractivity contribution in [2.24, 2.45) is 0 Å². The van der Waals surface area contributed by atoms with Crippen LogP contribution >= 0.6 is 23.2 Å². The number of carbonyl (C=O) groups excluding carboxylic acids is 1. The molecule has 104 valence electrons.